The van der Waals surface area contributed by atoms with Crippen molar-refractivity contribution in [2.24, 2.45) is 0 Å². The van der Waals surface area contributed by atoms with Gasteiger partial charge in [-0.1, -0.05) is 6.92 Å². The second-order valence-corrected chi connectivity index (χ2v) is 3.37. The predicted molar refractivity (Wildman–Crippen MR) is 58.0 cm³/mol. The third-order valence-corrected chi connectivity index (χ3v) is 2.20. The normalized spacial score (nSPS) is 11.9. The molecule has 1 heterocycles. The minimum atomic E-state index is -0.0977. The van der Waals surface area contributed by atoms with E-state index in [1.807, 2.05) is 13.8 Å². The van der Waals surface area contributed by atoms with Crippen LogP contribution in [0.1, 0.15) is 30.6 Å². The summed E-state index contributed by atoms with van der Waals surface area (Å²) in [5, 5.41) is 2.86. The van der Waals surface area contributed by atoms with Crippen LogP contribution in [0, 0.1) is 0 Å². The van der Waals surface area contributed by atoms with Crippen LogP contribution in [0.4, 0.5) is 0 Å². The summed E-state index contributed by atoms with van der Waals surface area (Å²) in [4.78, 5) is 15.6. The van der Waals surface area contributed by atoms with E-state index in [9.17, 15) is 4.79 Å². The standard InChI is InChI=1S/C11H16N2O2/c1-4-8(2)13-11(14)9-5-6-10(15-3)12-7-9/h5-8H,4H2,1-3H3,(H,13,14)/t8-/m0/s1. The lowest BCUT2D eigenvalue weighted by molar-refractivity contribution is 0.0939. The van der Waals surface area contributed by atoms with Crippen molar-refractivity contribution < 1.29 is 9.53 Å². The van der Waals surface area contributed by atoms with Crippen molar-refractivity contribution in [1.82, 2.24) is 10.3 Å². The van der Waals surface area contributed by atoms with Gasteiger partial charge in [0.1, 0.15) is 0 Å². The molecular formula is C11H16N2O2. The number of amides is 1. The van der Waals surface area contributed by atoms with Crippen LogP contribution in [-0.4, -0.2) is 24.0 Å². The first kappa shape index (κ1) is 11.5. The molecule has 0 spiro atoms. The first-order valence-electron chi connectivity index (χ1n) is 4.98. The largest absolute Gasteiger partial charge is 0.481 e. The number of rotatable bonds is 4. The number of aromatic nitrogens is 1. The molecule has 1 N–H and O–H groups in total. The Labute approximate surface area is 89.7 Å². The van der Waals surface area contributed by atoms with Gasteiger partial charge in [0.2, 0.25) is 5.88 Å². The molecule has 1 atom stereocenters. The quantitative estimate of drug-likeness (QED) is 0.818. The minimum absolute atomic E-state index is 0.0977. The summed E-state index contributed by atoms with van der Waals surface area (Å²) in [7, 11) is 1.54. The first-order valence-corrected chi connectivity index (χ1v) is 4.98. The monoisotopic (exact) mass is 208 g/mol. The van der Waals surface area contributed by atoms with Crippen LogP contribution in [-0.2, 0) is 0 Å². The maximum Gasteiger partial charge on any atom is 0.253 e. The Morgan fingerprint density at radius 1 is 1.60 bits per heavy atom. The highest BCUT2D eigenvalue weighted by molar-refractivity contribution is 5.94. The molecule has 0 saturated carbocycles. The Morgan fingerprint density at radius 2 is 2.33 bits per heavy atom. The highest BCUT2D eigenvalue weighted by Crippen LogP contribution is 2.06. The number of hydrogen-bond donors (Lipinski definition) is 1. The average Bonchev–Trinajstić information content (AvgIpc) is 2.29. The molecular weight excluding hydrogens is 192 g/mol. The van der Waals surface area contributed by atoms with E-state index in [0.717, 1.165) is 6.42 Å². The molecule has 0 aliphatic carbocycles. The molecule has 1 aromatic heterocycles. The molecule has 0 unspecified atom stereocenters. The summed E-state index contributed by atoms with van der Waals surface area (Å²) in [5.41, 5.74) is 0.552. The van der Waals surface area contributed by atoms with Gasteiger partial charge in [-0.3, -0.25) is 4.79 Å². The SMILES string of the molecule is CC[C@H](C)NC(=O)c1ccc(OC)nc1. The summed E-state index contributed by atoms with van der Waals surface area (Å²) in [6.45, 7) is 3.99. The lowest BCUT2D eigenvalue weighted by Crippen LogP contribution is -2.31. The van der Waals surface area contributed by atoms with E-state index in [1.165, 1.54) is 6.20 Å². The summed E-state index contributed by atoms with van der Waals surface area (Å²) in [6.07, 6.45) is 2.42. The second kappa shape index (κ2) is 5.34. The number of methoxy groups -OCH3 is 1. The molecule has 0 bridgehead atoms. The summed E-state index contributed by atoms with van der Waals surface area (Å²) in [5.74, 6) is 0.412. The zero-order valence-corrected chi connectivity index (χ0v) is 9.28. The van der Waals surface area contributed by atoms with E-state index in [0.29, 0.717) is 11.4 Å². The minimum Gasteiger partial charge on any atom is -0.481 e. The Morgan fingerprint density at radius 3 is 2.80 bits per heavy atom. The number of ether oxygens (including phenoxy) is 1. The molecule has 0 aliphatic rings. The third-order valence-electron chi connectivity index (χ3n) is 2.20. The van der Waals surface area contributed by atoms with Crippen molar-refractivity contribution in [3.05, 3.63) is 23.9 Å². The number of carbonyl (C=O) groups is 1. The lowest BCUT2D eigenvalue weighted by Gasteiger charge is -2.10. The number of hydrogen-bond acceptors (Lipinski definition) is 3. The van der Waals surface area contributed by atoms with E-state index < -0.39 is 0 Å². The molecule has 0 radical (unpaired) electrons. The second-order valence-electron chi connectivity index (χ2n) is 3.37. The predicted octanol–water partition coefficient (Wildman–Crippen LogP) is 1.62. The van der Waals surface area contributed by atoms with Gasteiger partial charge in [-0.2, -0.15) is 0 Å². The molecule has 0 fully saturated rings. The van der Waals surface area contributed by atoms with E-state index in [-0.39, 0.29) is 11.9 Å². The highest BCUT2D eigenvalue weighted by Gasteiger charge is 2.08. The average molecular weight is 208 g/mol. The van der Waals surface area contributed by atoms with Crippen LogP contribution in [0.5, 0.6) is 5.88 Å². The highest BCUT2D eigenvalue weighted by atomic mass is 16.5. The first-order chi connectivity index (χ1) is 7.17. The topological polar surface area (TPSA) is 51.2 Å². The Bertz CT molecular complexity index is 322. The smallest absolute Gasteiger partial charge is 0.253 e. The molecule has 0 saturated heterocycles. The zero-order valence-electron chi connectivity index (χ0n) is 9.28. The fraction of sp³-hybridized carbons (Fsp3) is 0.455. The van der Waals surface area contributed by atoms with Crippen LogP contribution in [0.3, 0.4) is 0 Å². The van der Waals surface area contributed by atoms with Crippen LogP contribution < -0.4 is 10.1 Å². The van der Waals surface area contributed by atoms with E-state index in [1.54, 1.807) is 19.2 Å². The van der Waals surface area contributed by atoms with Gasteiger partial charge in [0, 0.05) is 18.3 Å². The van der Waals surface area contributed by atoms with Gasteiger partial charge in [-0.05, 0) is 19.4 Å². The maximum atomic E-state index is 11.6. The number of carbonyl (C=O) groups excluding carboxylic acids is 1. The molecule has 0 aromatic carbocycles. The molecule has 0 aliphatic heterocycles. The van der Waals surface area contributed by atoms with E-state index in [2.05, 4.69) is 10.3 Å². The number of nitrogens with zero attached hydrogens (tertiary/aromatic N) is 1. The van der Waals surface area contributed by atoms with Crippen LogP contribution in [0.15, 0.2) is 18.3 Å². The molecule has 1 rings (SSSR count). The van der Waals surface area contributed by atoms with Crippen LogP contribution in [0.2, 0.25) is 0 Å². The maximum absolute atomic E-state index is 11.6. The van der Waals surface area contributed by atoms with Gasteiger partial charge in [-0.25, -0.2) is 4.98 Å². The van der Waals surface area contributed by atoms with Crippen molar-refractivity contribution in [3.8, 4) is 5.88 Å². The van der Waals surface area contributed by atoms with Gasteiger partial charge in [-0.15, -0.1) is 0 Å². The van der Waals surface area contributed by atoms with E-state index in [4.69, 9.17) is 4.74 Å². The Balaban J connectivity index is 2.66. The summed E-state index contributed by atoms with van der Waals surface area (Å²) >= 11 is 0. The molecule has 1 amide bonds. The third kappa shape index (κ3) is 3.23. The number of nitrogens with one attached hydrogen (secondary N) is 1. The van der Waals surface area contributed by atoms with Gasteiger partial charge in [0.05, 0.1) is 12.7 Å². The van der Waals surface area contributed by atoms with E-state index >= 15 is 0 Å². The van der Waals surface area contributed by atoms with Crippen molar-refractivity contribution in [1.29, 1.82) is 0 Å². The fourth-order valence-electron chi connectivity index (χ4n) is 1.04. The molecule has 82 valence electrons. The van der Waals surface area contributed by atoms with Crippen molar-refractivity contribution in [2.75, 3.05) is 7.11 Å². The van der Waals surface area contributed by atoms with Crippen molar-refractivity contribution in [2.45, 2.75) is 26.3 Å². The zero-order chi connectivity index (χ0) is 11.3. The number of pyridine rings is 1. The summed E-state index contributed by atoms with van der Waals surface area (Å²) in [6, 6.07) is 3.55. The molecule has 4 nitrogen and oxygen atoms in total. The van der Waals surface area contributed by atoms with Crippen molar-refractivity contribution >= 4 is 5.91 Å². The molecule has 15 heavy (non-hydrogen) atoms. The lowest BCUT2D eigenvalue weighted by atomic mass is 10.2. The van der Waals surface area contributed by atoms with Gasteiger partial charge < -0.3 is 10.1 Å². The summed E-state index contributed by atoms with van der Waals surface area (Å²) < 4.78 is 4.91. The van der Waals surface area contributed by atoms with Gasteiger partial charge >= 0.3 is 0 Å². The Hall–Kier alpha value is -1.58. The van der Waals surface area contributed by atoms with Gasteiger partial charge in [0.25, 0.3) is 5.91 Å². The molecule has 4 heteroatoms. The van der Waals surface area contributed by atoms with Crippen LogP contribution >= 0.6 is 0 Å². The molecule has 1 aromatic rings. The Kier molecular flexibility index (Phi) is 4.09. The van der Waals surface area contributed by atoms with Crippen LogP contribution in [0.25, 0.3) is 0 Å². The van der Waals surface area contributed by atoms with Gasteiger partial charge in [0.15, 0.2) is 0 Å². The fourth-order valence-corrected chi connectivity index (χ4v) is 1.04. The van der Waals surface area contributed by atoms with Crippen molar-refractivity contribution in [3.63, 3.8) is 0 Å².